The number of amides is 1. The van der Waals surface area contributed by atoms with Crippen LogP contribution in [0.25, 0.3) is 0 Å². The zero-order valence-corrected chi connectivity index (χ0v) is 15.2. The van der Waals surface area contributed by atoms with Crippen molar-refractivity contribution >= 4 is 5.91 Å². The van der Waals surface area contributed by atoms with Crippen molar-refractivity contribution in [1.82, 2.24) is 10.2 Å². The Morgan fingerprint density at radius 2 is 1.92 bits per heavy atom. The summed E-state index contributed by atoms with van der Waals surface area (Å²) in [5.41, 5.74) is 1.11. The highest BCUT2D eigenvalue weighted by Gasteiger charge is 2.26. The van der Waals surface area contributed by atoms with Crippen molar-refractivity contribution in [2.45, 2.75) is 38.6 Å². The largest absolute Gasteiger partial charge is 0.497 e. The topological polar surface area (TPSA) is 41.6 Å². The fourth-order valence-corrected chi connectivity index (χ4v) is 3.84. The number of methoxy groups -OCH3 is 1. The molecule has 1 heterocycles. The zero-order chi connectivity index (χ0) is 17.5. The van der Waals surface area contributed by atoms with Crippen molar-refractivity contribution in [2.24, 2.45) is 11.8 Å². The molecule has 4 heteroatoms. The van der Waals surface area contributed by atoms with Gasteiger partial charge in [0.05, 0.1) is 7.11 Å². The summed E-state index contributed by atoms with van der Waals surface area (Å²) in [4.78, 5) is 15.0. The Bertz CT molecular complexity index is 574. The third-order valence-corrected chi connectivity index (χ3v) is 5.48. The second-order valence-corrected chi connectivity index (χ2v) is 7.29. The number of nitrogens with zero attached hydrogens (tertiary/aromatic N) is 1. The van der Waals surface area contributed by atoms with E-state index in [0.717, 1.165) is 43.2 Å². The highest BCUT2D eigenvalue weighted by atomic mass is 16.5. The molecular formula is C21H30N2O2. The van der Waals surface area contributed by atoms with E-state index in [9.17, 15) is 4.79 Å². The van der Waals surface area contributed by atoms with Gasteiger partial charge in [-0.2, -0.15) is 0 Å². The summed E-state index contributed by atoms with van der Waals surface area (Å²) < 4.78 is 5.16. The summed E-state index contributed by atoms with van der Waals surface area (Å²) in [5.74, 6) is 2.03. The van der Waals surface area contributed by atoms with Gasteiger partial charge in [0.1, 0.15) is 5.75 Å². The van der Waals surface area contributed by atoms with Crippen LogP contribution >= 0.6 is 0 Å². The van der Waals surface area contributed by atoms with Gasteiger partial charge >= 0.3 is 0 Å². The Labute approximate surface area is 151 Å². The van der Waals surface area contributed by atoms with Gasteiger partial charge in [-0.3, -0.25) is 4.79 Å². The predicted octanol–water partition coefficient (Wildman–Crippen LogP) is 3.38. The van der Waals surface area contributed by atoms with E-state index in [1.54, 1.807) is 7.11 Å². The van der Waals surface area contributed by atoms with E-state index in [4.69, 9.17) is 4.74 Å². The van der Waals surface area contributed by atoms with Crippen LogP contribution in [0.3, 0.4) is 0 Å². The standard InChI is InChI=1S/C21H30N2O2/c1-25-20-9-7-17(8-10-20)15-22-21(24)19-11-13-23(14-12-19)16-18-5-3-2-4-6-18/h2-3,7-10,18-19H,4-6,11-16H2,1H3,(H,22,24)/t18-/m1/s1. The first-order valence-electron chi connectivity index (χ1n) is 9.52. The molecule has 1 aromatic carbocycles. The van der Waals surface area contributed by atoms with Crippen LogP contribution in [0.15, 0.2) is 36.4 Å². The van der Waals surface area contributed by atoms with E-state index in [2.05, 4.69) is 22.4 Å². The minimum Gasteiger partial charge on any atom is -0.497 e. The van der Waals surface area contributed by atoms with Crippen molar-refractivity contribution in [3.63, 3.8) is 0 Å². The molecule has 2 aliphatic rings. The molecule has 1 fully saturated rings. The van der Waals surface area contributed by atoms with Crippen molar-refractivity contribution in [2.75, 3.05) is 26.7 Å². The summed E-state index contributed by atoms with van der Waals surface area (Å²) >= 11 is 0. The van der Waals surface area contributed by atoms with Crippen LogP contribution in [-0.4, -0.2) is 37.6 Å². The van der Waals surface area contributed by atoms with E-state index >= 15 is 0 Å². The first-order chi connectivity index (χ1) is 12.2. The van der Waals surface area contributed by atoms with Crippen LogP contribution in [0.5, 0.6) is 5.75 Å². The van der Waals surface area contributed by atoms with Gasteiger partial charge in [0, 0.05) is 19.0 Å². The number of benzene rings is 1. The summed E-state index contributed by atoms with van der Waals surface area (Å²) in [7, 11) is 1.66. The molecule has 0 unspecified atom stereocenters. The molecule has 0 radical (unpaired) electrons. The van der Waals surface area contributed by atoms with E-state index in [1.807, 2.05) is 24.3 Å². The molecule has 0 saturated carbocycles. The summed E-state index contributed by atoms with van der Waals surface area (Å²) in [6.07, 6.45) is 10.4. The Morgan fingerprint density at radius 3 is 2.56 bits per heavy atom. The quantitative estimate of drug-likeness (QED) is 0.806. The number of carbonyl (C=O) groups excluding carboxylic acids is 1. The molecule has 4 nitrogen and oxygen atoms in total. The van der Waals surface area contributed by atoms with E-state index in [1.165, 1.54) is 25.8 Å². The molecule has 1 saturated heterocycles. The minimum absolute atomic E-state index is 0.167. The Morgan fingerprint density at radius 1 is 1.16 bits per heavy atom. The third kappa shape index (κ3) is 5.33. The lowest BCUT2D eigenvalue weighted by molar-refractivity contribution is -0.126. The average Bonchev–Trinajstić information content (AvgIpc) is 2.68. The van der Waals surface area contributed by atoms with Gasteiger partial charge in [-0.15, -0.1) is 0 Å². The first kappa shape index (κ1) is 18.0. The van der Waals surface area contributed by atoms with E-state index < -0.39 is 0 Å². The fraction of sp³-hybridized carbons (Fsp3) is 0.571. The van der Waals surface area contributed by atoms with Crippen molar-refractivity contribution in [3.8, 4) is 5.75 Å². The third-order valence-electron chi connectivity index (χ3n) is 5.48. The minimum atomic E-state index is 0.167. The Kier molecular flexibility index (Phi) is 6.51. The van der Waals surface area contributed by atoms with Crippen LogP contribution in [0.2, 0.25) is 0 Å². The number of ether oxygens (including phenoxy) is 1. The van der Waals surface area contributed by atoms with Gasteiger partial charge < -0.3 is 15.0 Å². The van der Waals surface area contributed by atoms with Gasteiger partial charge in [-0.1, -0.05) is 24.3 Å². The van der Waals surface area contributed by atoms with Crippen molar-refractivity contribution in [3.05, 3.63) is 42.0 Å². The number of nitrogens with one attached hydrogen (secondary N) is 1. The fourth-order valence-electron chi connectivity index (χ4n) is 3.84. The predicted molar refractivity (Wildman–Crippen MR) is 100 cm³/mol. The number of rotatable bonds is 6. The number of carbonyl (C=O) groups is 1. The van der Waals surface area contributed by atoms with Gasteiger partial charge in [0.15, 0.2) is 0 Å². The molecular weight excluding hydrogens is 312 g/mol. The van der Waals surface area contributed by atoms with Crippen LogP contribution in [0, 0.1) is 11.8 Å². The maximum absolute atomic E-state index is 12.4. The normalized spacial score (nSPS) is 21.9. The molecule has 25 heavy (non-hydrogen) atoms. The lowest BCUT2D eigenvalue weighted by Gasteiger charge is -2.34. The van der Waals surface area contributed by atoms with Crippen molar-refractivity contribution in [1.29, 1.82) is 0 Å². The van der Waals surface area contributed by atoms with Gasteiger partial charge in [-0.25, -0.2) is 0 Å². The molecule has 0 bridgehead atoms. The van der Waals surface area contributed by atoms with E-state index in [0.29, 0.717) is 6.54 Å². The highest BCUT2D eigenvalue weighted by Crippen LogP contribution is 2.23. The highest BCUT2D eigenvalue weighted by molar-refractivity contribution is 5.78. The summed E-state index contributed by atoms with van der Waals surface area (Å²) in [5, 5.41) is 3.09. The monoisotopic (exact) mass is 342 g/mol. The maximum Gasteiger partial charge on any atom is 0.223 e. The number of piperidine rings is 1. The lowest BCUT2D eigenvalue weighted by atomic mass is 9.91. The van der Waals surface area contributed by atoms with Crippen LogP contribution in [0.4, 0.5) is 0 Å². The lowest BCUT2D eigenvalue weighted by Crippen LogP contribution is -2.42. The summed E-state index contributed by atoms with van der Waals surface area (Å²) in [6.45, 7) is 3.91. The van der Waals surface area contributed by atoms with Gasteiger partial charge in [0.2, 0.25) is 5.91 Å². The molecule has 136 valence electrons. The van der Waals surface area contributed by atoms with E-state index in [-0.39, 0.29) is 11.8 Å². The molecule has 1 N–H and O–H groups in total. The number of likely N-dealkylation sites (tertiary alicyclic amines) is 1. The van der Waals surface area contributed by atoms with Gasteiger partial charge in [-0.05, 0) is 68.8 Å². The number of hydrogen-bond donors (Lipinski definition) is 1. The zero-order valence-electron chi connectivity index (χ0n) is 15.2. The smallest absolute Gasteiger partial charge is 0.223 e. The SMILES string of the molecule is COc1ccc(CNC(=O)C2CCN(C[C@@H]3CC=CCC3)CC2)cc1. The summed E-state index contributed by atoms with van der Waals surface area (Å²) in [6, 6.07) is 7.86. The molecule has 0 spiro atoms. The first-order valence-corrected chi connectivity index (χ1v) is 9.52. The molecule has 1 atom stereocenters. The molecule has 1 amide bonds. The Hall–Kier alpha value is -1.81. The van der Waals surface area contributed by atoms with Crippen LogP contribution in [0.1, 0.15) is 37.7 Å². The molecule has 1 aromatic rings. The molecule has 1 aliphatic heterocycles. The second kappa shape index (κ2) is 9.04. The number of allylic oxidation sites excluding steroid dienone is 2. The Balaban J connectivity index is 1.38. The average molecular weight is 342 g/mol. The van der Waals surface area contributed by atoms with Crippen molar-refractivity contribution < 1.29 is 9.53 Å². The van der Waals surface area contributed by atoms with Crippen LogP contribution < -0.4 is 10.1 Å². The molecule has 1 aliphatic carbocycles. The van der Waals surface area contributed by atoms with Gasteiger partial charge in [0.25, 0.3) is 0 Å². The second-order valence-electron chi connectivity index (χ2n) is 7.29. The molecule has 0 aromatic heterocycles. The maximum atomic E-state index is 12.4. The number of hydrogen-bond acceptors (Lipinski definition) is 3. The van der Waals surface area contributed by atoms with Crippen LogP contribution in [-0.2, 0) is 11.3 Å². The molecule has 3 rings (SSSR count).